The van der Waals surface area contributed by atoms with Crippen molar-refractivity contribution in [2.45, 2.75) is 24.9 Å². The summed E-state index contributed by atoms with van der Waals surface area (Å²) in [5.74, 6) is -7.02. The maximum Gasteiger partial charge on any atom is 0.337 e. The quantitative estimate of drug-likeness (QED) is 0.344. The fraction of sp³-hybridized carbons (Fsp3) is 0.222. The molecule has 0 radical (unpaired) electrons. The molecule has 3 rings (SSSR count). The van der Waals surface area contributed by atoms with Gasteiger partial charge in [0, 0.05) is 0 Å². The van der Waals surface area contributed by atoms with Gasteiger partial charge < -0.3 is 20.4 Å². The molecule has 0 saturated heterocycles. The molecule has 2 atom stereocenters. The second-order valence-corrected chi connectivity index (χ2v) is 8.36. The maximum absolute atomic E-state index is 12.9. The van der Waals surface area contributed by atoms with Crippen molar-refractivity contribution < 1.29 is 34.8 Å². The Balaban J connectivity index is 2.25. The molecule has 0 bridgehead atoms. The van der Waals surface area contributed by atoms with Crippen LogP contribution in [0.2, 0.25) is 0 Å². The molecule has 0 aliphatic carbocycles. The maximum atomic E-state index is 12.9. The molecule has 0 heterocycles. The van der Waals surface area contributed by atoms with Crippen LogP contribution in [0.4, 0.5) is 0 Å². The van der Waals surface area contributed by atoms with Crippen LogP contribution in [0.15, 0.2) is 91.0 Å². The van der Waals surface area contributed by atoms with Crippen LogP contribution < -0.4 is 0 Å². The molecule has 176 valence electrons. The number of aliphatic carboxylic acids is 3. The van der Waals surface area contributed by atoms with E-state index in [9.17, 15) is 34.8 Å². The normalized spacial score (nSPS) is 14.0. The summed E-state index contributed by atoms with van der Waals surface area (Å²) in [5.41, 5.74) is -4.15. The molecular weight excluding hydrogens is 436 g/mol. The Morgan fingerprint density at radius 2 is 1.00 bits per heavy atom. The SMILES string of the molecule is O=C(O)C(Cc1ccccc1)C(O)(C(=O)O)C(Cc1ccccc1)(Cc1ccccc1)C(=O)O. The minimum Gasteiger partial charge on any atom is -0.481 e. The topological polar surface area (TPSA) is 132 Å². The minimum absolute atomic E-state index is 0.364. The monoisotopic (exact) mass is 462 g/mol. The van der Waals surface area contributed by atoms with Crippen molar-refractivity contribution in [2.24, 2.45) is 11.3 Å². The van der Waals surface area contributed by atoms with Gasteiger partial charge in [-0.15, -0.1) is 0 Å². The lowest BCUT2D eigenvalue weighted by atomic mass is 9.59. The Morgan fingerprint density at radius 1 is 0.618 bits per heavy atom. The summed E-state index contributed by atoms with van der Waals surface area (Å²) in [6.45, 7) is 0. The number of carboxylic acid groups (broad SMARTS) is 3. The van der Waals surface area contributed by atoms with Crippen LogP contribution in [-0.4, -0.2) is 43.9 Å². The fourth-order valence-electron chi connectivity index (χ4n) is 4.49. The highest BCUT2D eigenvalue weighted by molar-refractivity contribution is 5.94. The average Bonchev–Trinajstić information content (AvgIpc) is 2.83. The second-order valence-electron chi connectivity index (χ2n) is 8.36. The van der Waals surface area contributed by atoms with Gasteiger partial charge in [0.15, 0.2) is 5.60 Å². The largest absolute Gasteiger partial charge is 0.481 e. The van der Waals surface area contributed by atoms with Crippen molar-refractivity contribution in [1.29, 1.82) is 0 Å². The standard InChI is InChI=1S/C27H26O7/c28-23(29)22(16-19-10-4-1-5-11-19)27(34,25(32)33)26(24(30)31,17-20-12-6-2-7-13-20)18-21-14-8-3-9-15-21/h1-15,22,34H,16-18H2,(H,28,29)(H,30,31)(H,32,33). The first-order chi connectivity index (χ1) is 16.2. The number of carboxylic acids is 3. The van der Waals surface area contributed by atoms with Gasteiger partial charge in [0.2, 0.25) is 0 Å². The molecule has 7 nitrogen and oxygen atoms in total. The van der Waals surface area contributed by atoms with Crippen LogP contribution in [0.3, 0.4) is 0 Å². The van der Waals surface area contributed by atoms with E-state index in [4.69, 9.17) is 0 Å². The number of hydrogen-bond donors (Lipinski definition) is 4. The van der Waals surface area contributed by atoms with Crippen molar-refractivity contribution >= 4 is 17.9 Å². The van der Waals surface area contributed by atoms with Crippen LogP contribution in [0.1, 0.15) is 16.7 Å². The summed E-state index contributed by atoms with van der Waals surface area (Å²) < 4.78 is 0. The number of hydrogen-bond acceptors (Lipinski definition) is 4. The van der Waals surface area contributed by atoms with Gasteiger partial charge in [-0.2, -0.15) is 0 Å². The van der Waals surface area contributed by atoms with E-state index in [2.05, 4.69) is 0 Å². The van der Waals surface area contributed by atoms with E-state index in [1.165, 1.54) is 0 Å². The zero-order chi connectivity index (χ0) is 24.8. The summed E-state index contributed by atoms with van der Waals surface area (Å²) in [6, 6.07) is 24.9. The summed E-state index contributed by atoms with van der Waals surface area (Å²) in [6.07, 6.45) is -1.14. The second kappa shape index (κ2) is 10.3. The first-order valence-electron chi connectivity index (χ1n) is 10.7. The summed E-state index contributed by atoms with van der Waals surface area (Å²) in [4.78, 5) is 38.1. The fourth-order valence-corrected chi connectivity index (χ4v) is 4.49. The average molecular weight is 462 g/mol. The van der Waals surface area contributed by atoms with Gasteiger partial charge in [-0.1, -0.05) is 91.0 Å². The van der Waals surface area contributed by atoms with E-state index < -0.39 is 34.8 Å². The van der Waals surface area contributed by atoms with Crippen molar-refractivity contribution in [1.82, 2.24) is 0 Å². The van der Waals surface area contributed by atoms with E-state index in [0.717, 1.165) is 0 Å². The summed E-state index contributed by atoms with van der Waals surface area (Å²) in [7, 11) is 0. The molecule has 4 N–H and O–H groups in total. The highest BCUT2D eigenvalue weighted by Gasteiger charge is 2.66. The highest BCUT2D eigenvalue weighted by Crippen LogP contribution is 2.45. The van der Waals surface area contributed by atoms with Crippen molar-refractivity contribution in [3.63, 3.8) is 0 Å². The molecule has 0 saturated carbocycles. The van der Waals surface area contributed by atoms with Crippen LogP contribution in [0.25, 0.3) is 0 Å². The Kier molecular flexibility index (Phi) is 7.48. The number of aliphatic hydroxyl groups is 1. The molecule has 0 aromatic heterocycles. The van der Waals surface area contributed by atoms with Crippen molar-refractivity contribution in [3.05, 3.63) is 108 Å². The Hall–Kier alpha value is -3.97. The van der Waals surface area contributed by atoms with Crippen LogP contribution >= 0.6 is 0 Å². The zero-order valence-electron chi connectivity index (χ0n) is 18.4. The minimum atomic E-state index is -3.15. The molecule has 3 aromatic rings. The molecule has 0 aliphatic heterocycles. The van der Waals surface area contributed by atoms with Crippen molar-refractivity contribution in [2.75, 3.05) is 0 Å². The first-order valence-corrected chi connectivity index (χ1v) is 10.7. The van der Waals surface area contributed by atoms with Crippen molar-refractivity contribution in [3.8, 4) is 0 Å². The van der Waals surface area contributed by atoms with E-state index in [0.29, 0.717) is 16.7 Å². The number of benzene rings is 3. The Labute approximate surface area is 196 Å². The molecule has 0 fully saturated rings. The van der Waals surface area contributed by atoms with Gasteiger partial charge in [0.1, 0.15) is 11.3 Å². The molecule has 3 aromatic carbocycles. The predicted octanol–water partition coefficient (Wildman–Crippen LogP) is 3.30. The van der Waals surface area contributed by atoms with E-state index in [-0.39, 0.29) is 19.3 Å². The van der Waals surface area contributed by atoms with Gasteiger partial charge in [-0.3, -0.25) is 9.59 Å². The first kappa shape index (κ1) is 24.7. The molecular formula is C27H26O7. The molecule has 7 heteroatoms. The number of rotatable bonds is 11. The Morgan fingerprint density at radius 3 is 1.32 bits per heavy atom. The molecule has 0 aliphatic rings. The molecule has 0 spiro atoms. The third-order valence-corrected chi connectivity index (χ3v) is 6.25. The van der Waals surface area contributed by atoms with Gasteiger partial charge in [-0.05, 0) is 36.0 Å². The van der Waals surface area contributed by atoms with Gasteiger partial charge >= 0.3 is 17.9 Å². The van der Waals surface area contributed by atoms with Gasteiger partial charge in [-0.25, -0.2) is 4.79 Å². The van der Waals surface area contributed by atoms with Crippen LogP contribution in [0, 0.1) is 11.3 Å². The zero-order valence-corrected chi connectivity index (χ0v) is 18.4. The van der Waals surface area contributed by atoms with Crippen LogP contribution in [0.5, 0.6) is 0 Å². The third kappa shape index (κ3) is 4.84. The number of carbonyl (C=O) groups is 3. The smallest absolute Gasteiger partial charge is 0.337 e. The van der Waals surface area contributed by atoms with Gasteiger partial charge in [0.05, 0.1) is 0 Å². The lowest BCUT2D eigenvalue weighted by Crippen LogP contribution is -2.66. The van der Waals surface area contributed by atoms with E-state index >= 15 is 0 Å². The lowest BCUT2D eigenvalue weighted by molar-refractivity contribution is -0.204. The molecule has 2 unspecified atom stereocenters. The van der Waals surface area contributed by atoms with Crippen LogP contribution in [-0.2, 0) is 33.6 Å². The predicted molar refractivity (Wildman–Crippen MR) is 124 cm³/mol. The summed E-state index contributed by atoms with van der Waals surface area (Å²) in [5, 5.41) is 42.7. The summed E-state index contributed by atoms with van der Waals surface area (Å²) >= 11 is 0. The molecule has 0 amide bonds. The Bertz CT molecular complexity index is 1090. The third-order valence-electron chi connectivity index (χ3n) is 6.25. The van der Waals surface area contributed by atoms with E-state index in [1.54, 1.807) is 91.0 Å². The van der Waals surface area contributed by atoms with E-state index in [1.807, 2.05) is 0 Å². The van der Waals surface area contributed by atoms with Gasteiger partial charge in [0.25, 0.3) is 0 Å². The highest BCUT2D eigenvalue weighted by atomic mass is 16.4. The lowest BCUT2D eigenvalue weighted by Gasteiger charge is -2.44. The molecule has 34 heavy (non-hydrogen) atoms.